The average molecular weight is 326 g/mol. The van der Waals surface area contributed by atoms with E-state index in [0.717, 1.165) is 35.2 Å². The highest BCUT2D eigenvalue weighted by Crippen LogP contribution is 2.39. The van der Waals surface area contributed by atoms with E-state index in [4.69, 9.17) is 0 Å². The first-order chi connectivity index (χ1) is 11.2. The third-order valence-electron chi connectivity index (χ3n) is 4.43. The lowest BCUT2D eigenvalue weighted by Crippen LogP contribution is -2.22. The van der Waals surface area contributed by atoms with Gasteiger partial charge in [-0.05, 0) is 31.9 Å². The Bertz CT molecular complexity index is 809. The van der Waals surface area contributed by atoms with Gasteiger partial charge in [0.25, 0.3) is 0 Å². The number of aryl methyl sites for hydroxylation is 1. The van der Waals surface area contributed by atoms with Gasteiger partial charge in [0.1, 0.15) is 5.69 Å². The quantitative estimate of drug-likeness (QED) is 0.740. The molecule has 0 saturated carbocycles. The Balaban J connectivity index is 1.65. The Morgan fingerprint density at radius 3 is 2.91 bits per heavy atom. The second kappa shape index (κ2) is 5.73. The van der Waals surface area contributed by atoms with E-state index in [9.17, 15) is 0 Å². The fourth-order valence-corrected chi connectivity index (χ4v) is 3.98. The van der Waals surface area contributed by atoms with Crippen LogP contribution in [0.4, 0.5) is 5.13 Å². The van der Waals surface area contributed by atoms with Crippen molar-refractivity contribution in [3.05, 3.63) is 41.9 Å². The summed E-state index contributed by atoms with van der Waals surface area (Å²) in [6.45, 7) is 3.13. The standard InChI is InChI=1S/C16H18N6S/c1-11-12(10-18-21(11)2)14-7-5-9-22(14)16-20-19-15(23-16)13-6-3-4-8-17-13/h3-4,6,8,10,14H,5,7,9H2,1-2H3/t14-/m1/s1. The van der Waals surface area contributed by atoms with Crippen LogP contribution in [0.5, 0.6) is 0 Å². The Morgan fingerprint density at radius 2 is 2.17 bits per heavy atom. The van der Waals surface area contributed by atoms with Crippen molar-refractivity contribution in [3.8, 4) is 10.7 Å². The van der Waals surface area contributed by atoms with E-state index in [1.807, 2.05) is 36.1 Å². The van der Waals surface area contributed by atoms with Gasteiger partial charge in [-0.1, -0.05) is 17.4 Å². The van der Waals surface area contributed by atoms with Crippen LogP contribution in [-0.4, -0.2) is 31.5 Å². The molecule has 1 aliphatic rings. The van der Waals surface area contributed by atoms with Crippen LogP contribution in [0, 0.1) is 6.92 Å². The number of hydrogen-bond donors (Lipinski definition) is 0. The van der Waals surface area contributed by atoms with E-state index >= 15 is 0 Å². The number of rotatable bonds is 3. The average Bonchev–Trinajstić information content (AvgIpc) is 3.29. The zero-order valence-corrected chi connectivity index (χ0v) is 14.0. The SMILES string of the molecule is Cc1c([C@H]2CCCN2c2nnc(-c3ccccn3)s2)cnn1C. The lowest BCUT2D eigenvalue weighted by molar-refractivity contribution is 0.695. The monoisotopic (exact) mass is 326 g/mol. The summed E-state index contributed by atoms with van der Waals surface area (Å²) in [6, 6.07) is 6.19. The minimum atomic E-state index is 0.341. The van der Waals surface area contributed by atoms with Crippen molar-refractivity contribution >= 4 is 16.5 Å². The molecule has 6 nitrogen and oxygen atoms in total. The molecular weight excluding hydrogens is 308 g/mol. The second-order valence-corrected chi connectivity index (χ2v) is 6.72. The molecule has 0 amide bonds. The molecule has 0 bridgehead atoms. The maximum atomic E-state index is 4.41. The number of nitrogens with zero attached hydrogens (tertiary/aromatic N) is 6. The zero-order valence-electron chi connectivity index (χ0n) is 13.2. The van der Waals surface area contributed by atoms with Gasteiger partial charge in [-0.2, -0.15) is 5.10 Å². The van der Waals surface area contributed by atoms with Crippen LogP contribution in [0.2, 0.25) is 0 Å². The molecule has 4 rings (SSSR count). The first kappa shape index (κ1) is 14.3. The molecule has 118 valence electrons. The van der Waals surface area contributed by atoms with Crippen LogP contribution < -0.4 is 4.90 Å². The van der Waals surface area contributed by atoms with Crippen LogP contribution in [0.1, 0.15) is 30.1 Å². The van der Waals surface area contributed by atoms with Gasteiger partial charge in [0.05, 0.1) is 12.2 Å². The smallest absolute Gasteiger partial charge is 0.209 e. The predicted molar refractivity (Wildman–Crippen MR) is 90.4 cm³/mol. The number of aromatic nitrogens is 5. The maximum Gasteiger partial charge on any atom is 0.209 e. The highest BCUT2D eigenvalue weighted by Gasteiger charge is 2.31. The van der Waals surface area contributed by atoms with E-state index in [1.54, 1.807) is 17.5 Å². The highest BCUT2D eigenvalue weighted by molar-refractivity contribution is 7.18. The Morgan fingerprint density at radius 1 is 1.26 bits per heavy atom. The van der Waals surface area contributed by atoms with Gasteiger partial charge in [-0.15, -0.1) is 10.2 Å². The van der Waals surface area contributed by atoms with E-state index in [-0.39, 0.29) is 0 Å². The highest BCUT2D eigenvalue weighted by atomic mass is 32.1. The lowest BCUT2D eigenvalue weighted by atomic mass is 10.1. The third kappa shape index (κ3) is 2.50. The first-order valence-electron chi connectivity index (χ1n) is 7.74. The molecule has 7 heteroatoms. The predicted octanol–water partition coefficient (Wildman–Crippen LogP) is 2.98. The molecule has 1 aliphatic heterocycles. The van der Waals surface area contributed by atoms with Gasteiger partial charge < -0.3 is 4.90 Å². The van der Waals surface area contributed by atoms with Crippen molar-refractivity contribution in [2.24, 2.45) is 7.05 Å². The summed E-state index contributed by atoms with van der Waals surface area (Å²) in [5, 5.41) is 15.0. The topological polar surface area (TPSA) is 59.7 Å². The van der Waals surface area contributed by atoms with Gasteiger partial charge in [0, 0.05) is 31.0 Å². The Hall–Kier alpha value is -2.28. The lowest BCUT2D eigenvalue weighted by Gasteiger charge is -2.23. The first-order valence-corrected chi connectivity index (χ1v) is 8.56. The molecule has 0 aliphatic carbocycles. The van der Waals surface area contributed by atoms with Gasteiger partial charge in [-0.3, -0.25) is 9.67 Å². The summed E-state index contributed by atoms with van der Waals surface area (Å²) in [6.07, 6.45) is 6.07. The largest absolute Gasteiger partial charge is 0.339 e. The van der Waals surface area contributed by atoms with E-state index in [1.165, 1.54) is 11.3 Å². The minimum Gasteiger partial charge on any atom is -0.339 e. The second-order valence-electron chi connectivity index (χ2n) is 5.77. The van der Waals surface area contributed by atoms with Gasteiger partial charge in [0.15, 0.2) is 5.01 Å². The van der Waals surface area contributed by atoms with Crippen LogP contribution in [0.3, 0.4) is 0 Å². The van der Waals surface area contributed by atoms with Crippen molar-refractivity contribution in [1.82, 2.24) is 25.0 Å². The summed E-state index contributed by atoms with van der Waals surface area (Å²) < 4.78 is 1.94. The molecule has 0 N–H and O–H groups in total. The van der Waals surface area contributed by atoms with Crippen molar-refractivity contribution in [2.45, 2.75) is 25.8 Å². The van der Waals surface area contributed by atoms with Crippen molar-refractivity contribution < 1.29 is 0 Å². The molecule has 1 atom stereocenters. The third-order valence-corrected chi connectivity index (χ3v) is 5.41. The normalized spacial score (nSPS) is 17.8. The summed E-state index contributed by atoms with van der Waals surface area (Å²) in [4.78, 5) is 6.71. The Labute approximate surface area is 138 Å². The van der Waals surface area contributed by atoms with Gasteiger partial charge in [0.2, 0.25) is 5.13 Å². The van der Waals surface area contributed by atoms with Crippen molar-refractivity contribution in [1.29, 1.82) is 0 Å². The summed E-state index contributed by atoms with van der Waals surface area (Å²) in [5.74, 6) is 0. The minimum absolute atomic E-state index is 0.341. The van der Waals surface area contributed by atoms with Crippen LogP contribution >= 0.6 is 11.3 Å². The van der Waals surface area contributed by atoms with Crippen LogP contribution in [0.15, 0.2) is 30.6 Å². The molecule has 0 unspecified atom stereocenters. The van der Waals surface area contributed by atoms with E-state index in [0.29, 0.717) is 6.04 Å². The molecule has 23 heavy (non-hydrogen) atoms. The fourth-order valence-electron chi connectivity index (χ4n) is 3.09. The van der Waals surface area contributed by atoms with E-state index < -0.39 is 0 Å². The van der Waals surface area contributed by atoms with Gasteiger partial charge in [-0.25, -0.2) is 0 Å². The van der Waals surface area contributed by atoms with Crippen molar-refractivity contribution in [2.75, 3.05) is 11.4 Å². The molecule has 0 radical (unpaired) electrons. The van der Waals surface area contributed by atoms with Crippen LogP contribution in [0.25, 0.3) is 10.7 Å². The molecule has 1 fully saturated rings. The molecular formula is C16H18N6S. The zero-order chi connectivity index (χ0) is 15.8. The van der Waals surface area contributed by atoms with Gasteiger partial charge >= 0.3 is 0 Å². The molecule has 4 heterocycles. The van der Waals surface area contributed by atoms with Crippen molar-refractivity contribution in [3.63, 3.8) is 0 Å². The molecule has 3 aromatic heterocycles. The molecule has 0 spiro atoms. The number of anilines is 1. The molecule has 1 saturated heterocycles. The van der Waals surface area contributed by atoms with Crippen LogP contribution in [-0.2, 0) is 7.05 Å². The molecule has 3 aromatic rings. The summed E-state index contributed by atoms with van der Waals surface area (Å²) in [5.41, 5.74) is 3.39. The Kier molecular flexibility index (Phi) is 3.57. The summed E-state index contributed by atoms with van der Waals surface area (Å²) in [7, 11) is 1.99. The van der Waals surface area contributed by atoms with E-state index in [2.05, 4.69) is 32.1 Å². The fraction of sp³-hybridized carbons (Fsp3) is 0.375. The number of pyridine rings is 1. The molecule has 0 aromatic carbocycles. The number of hydrogen-bond acceptors (Lipinski definition) is 6. The maximum absolute atomic E-state index is 4.41. The summed E-state index contributed by atoms with van der Waals surface area (Å²) >= 11 is 1.61.